The molecule has 3 atom stereocenters. The standard InChI is InChI=1S/C21H30O5/c1-7-14(6)18(23)17-19(24)15(10-8-12(2)3)21(26,20(17)25)16(22)11-9-13(4)5/h8-9,14-15,25-26H,7,10-11H2,1-6H3/t14?,15-,21-/m1/s1. The summed E-state index contributed by atoms with van der Waals surface area (Å²) in [6, 6.07) is 0. The van der Waals surface area contributed by atoms with Crippen molar-refractivity contribution in [3.05, 3.63) is 34.6 Å². The first-order valence-corrected chi connectivity index (χ1v) is 9.02. The van der Waals surface area contributed by atoms with E-state index in [0.717, 1.165) is 11.1 Å². The molecule has 0 aromatic rings. The summed E-state index contributed by atoms with van der Waals surface area (Å²) in [6.45, 7) is 10.7. The first kappa shape index (κ1) is 22.0. The van der Waals surface area contributed by atoms with Crippen molar-refractivity contribution in [2.75, 3.05) is 0 Å². The molecular formula is C21H30O5. The third-order valence-corrected chi connectivity index (χ3v) is 4.85. The van der Waals surface area contributed by atoms with Gasteiger partial charge in [0.25, 0.3) is 0 Å². The predicted octanol–water partition coefficient (Wildman–Crippen LogP) is 3.63. The molecule has 5 heteroatoms. The molecule has 0 saturated carbocycles. The van der Waals surface area contributed by atoms with Crippen LogP contribution in [0.15, 0.2) is 34.6 Å². The van der Waals surface area contributed by atoms with E-state index in [1.165, 1.54) is 0 Å². The zero-order chi connectivity index (χ0) is 20.2. The first-order valence-electron chi connectivity index (χ1n) is 9.02. The molecule has 0 aromatic heterocycles. The molecule has 0 amide bonds. The smallest absolute Gasteiger partial charge is 0.191 e. The normalized spacial score (nSPS) is 23.7. The van der Waals surface area contributed by atoms with Crippen molar-refractivity contribution >= 4 is 17.3 Å². The lowest BCUT2D eigenvalue weighted by Gasteiger charge is -2.27. The van der Waals surface area contributed by atoms with Crippen LogP contribution < -0.4 is 0 Å². The van der Waals surface area contributed by atoms with Gasteiger partial charge in [-0.1, -0.05) is 37.1 Å². The van der Waals surface area contributed by atoms with Crippen LogP contribution in [-0.4, -0.2) is 33.2 Å². The van der Waals surface area contributed by atoms with Gasteiger partial charge < -0.3 is 10.2 Å². The predicted molar refractivity (Wildman–Crippen MR) is 101 cm³/mol. The topological polar surface area (TPSA) is 91.7 Å². The van der Waals surface area contributed by atoms with E-state index in [4.69, 9.17) is 0 Å². The third kappa shape index (κ3) is 4.21. The van der Waals surface area contributed by atoms with Gasteiger partial charge in [-0.15, -0.1) is 0 Å². The number of Topliss-reactive ketones (excluding diaryl/α,β-unsaturated/α-hetero) is 3. The number of ketones is 3. The second-order valence-corrected chi connectivity index (χ2v) is 7.51. The molecule has 1 unspecified atom stereocenters. The molecule has 144 valence electrons. The second kappa shape index (κ2) is 8.58. The van der Waals surface area contributed by atoms with Crippen molar-refractivity contribution in [3.63, 3.8) is 0 Å². The monoisotopic (exact) mass is 362 g/mol. The lowest BCUT2D eigenvalue weighted by Crippen LogP contribution is -2.46. The Morgan fingerprint density at radius 2 is 1.69 bits per heavy atom. The van der Waals surface area contributed by atoms with E-state index in [2.05, 4.69) is 0 Å². The fraction of sp³-hybridized carbons (Fsp3) is 0.571. The van der Waals surface area contributed by atoms with Crippen LogP contribution in [0.4, 0.5) is 0 Å². The SMILES string of the molecule is CCC(C)C(=O)C1=C(O)[C@](O)(C(=O)CC=C(C)C)[C@H](CC=C(C)C)C1=O. The highest BCUT2D eigenvalue weighted by Crippen LogP contribution is 2.42. The van der Waals surface area contributed by atoms with Gasteiger partial charge in [-0.2, -0.15) is 0 Å². The molecule has 0 aliphatic heterocycles. The van der Waals surface area contributed by atoms with Gasteiger partial charge >= 0.3 is 0 Å². The summed E-state index contributed by atoms with van der Waals surface area (Å²) in [5.74, 6) is -4.30. The number of aliphatic hydroxyl groups is 2. The van der Waals surface area contributed by atoms with Crippen LogP contribution in [0.5, 0.6) is 0 Å². The van der Waals surface area contributed by atoms with Crippen molar-refractivity contribution < 1.29 is 24.6 Å². The molecule has 1 aliphatic rings. The largest absolute Gasteiger partial charge is 0.508 e. The number of carbonyl (C=O) groups excluding carboxylic acids is 3. The van der Waals surface area contributed by atoms with E-state index in [1.54, 1.807) is 26.0 Å². The molecular weight excluding hydrogens is 332 g/mol. The molecule has 0 aromatic carbocycles. The summed E-state index contributed by atoms with van der Waals surface area (Å²) in [5, 5.41) is 21.7. The molecule has 26 heavy (non-hydrogen) atoms. The van der Waals surface area contributed by atoms with Gasteiger partial charge in [0.15, 0.2) is 23.0 Å². The van der Waals surface area contributed by atoms with E-state index in [-0.39, 0.29) is 12.8 Å². The lowest BCUT2D eigenvalue weighted by molar-refractivity contribution is -0.144. The lowest BCUT2D eigenvalue weighted by atomic mass is 9.81. The van der Waals surface area contributed by atoms with Crippen LogP contribution in [0.1, 0.15) is 60.8 Å². The Balaban J connectivity index is 3.45. The minimum atomic E-state index is -2.35. The highest BCUT2D eigenvalue weighted by molar-refractivity contribution is 6.26. The Morgan fingerprint density at radius 3 is 2.15 bits per heavy atom. The molecule has 0 radical (unpaired) electrons. The molecule has 2 N–H and O–H groups in total. The Morgan fingerprint density at radius 1 is 1.15 bits per heavy atom. The van der Waals surface area contributed by atoms with Gasteiger partial charge in [0.05, 0.1) is 5.92 Å². The average molecular weight is 362 g/mol. The molecule has 0 bridgehead atoms. The van der Waals surface area contributed by atoms with Crippen molar-refractivity contribution in [3.8, 4) is 0 Å². The first-order chi connectivity index (χ1) is 12.0. The Hall–Kier alpha value is -2.01. The molecule has 0 heterocycles. The van der Waals surface area contributed by atoms with Crippen LogP contribution >= 0.6 is 0 Å². The fourth-order valence-electron chi connectivity index (χ4n) is 2.92. The summed E-state index contributed by atoms with van der Waals surface area (Å²) < 4.78 is 0. The highest BCUT2D eigenvalue weighted by atomic mass is 16.3. The van der Waals surface area contributed by atoms with Gasteiger partial charge in [0, 0.05) is 12.3 Å². The van der Waals surface area contributed by atoms with Crippen LogP contribution in [0, 0.1) is 11.8 Å². The number of hydrogen-bond acceptors (Lipinski definition) is 5. The van der Waals surface area contributed by atoms with Gasteiger partial charge in [0.2, 0.25) is 0 Å². The van der Waals surface area contributed by atoms with Gasteiger partial charge in [0.1, 0.15) is 11.3 Å². The van der Waals surface area contributed by atoms with Gasteiger partial charge in [-0.25, -0.2) is 0 Å². The minimum absolute atomic E-state index is 0.0829. The molecule has 0 fully saturated rings. The zero-order valence-electron chi connectivity index (χ0n) is 16.5. The van der Waals surface area contributed by atoms with E-state index in [9.17, 15) is 24.6 Å². The van der Waals surface area contributed by atoms with Crippen LogP contribution in [-0.2, 0) is 14.4 Å². The molecule has 1 aliphatic carbocycles. The number of rotatable bonds is 8. The molecule has 1 rings (SSSR count). The highest BCUT2D eigenvalue weighted by Gasteiger charge is 2.58. The number of aliphatic hydroxyl groups excluding tert-OH is 1. The van der Waals surface area contributed by atoms with Crippen molar-refractivity contribution in [2.24, 2.45) is 11.8 Å². The summed E-state index contributed by atoms with van der Waals surface area (Å²) >= 11 is 0. The number of hydrogen-bond donors (Lipinski definition) is 2. The maximum absolute atomic E-state index is 12.9. The van der Waals surface area contributed by atoms with Crippen molar-refractivity contribution in [1.82, 2.24) is 0 Å². The Kier molecular flexibility index (Phi) is 7.27. The summed E-state index contributed by atoms with van der Waals surface area (Å²) in [7, 11) is 0. The number of carbonyl (C=O) groups is 3. The summed E-state index contributed by atoms with van der Waals surface area (Å²) in [6.07, 6.45) is 3.81. The second-order valence-electron chi connectivity index (χ2n) is 7.51. The van der Waals surface area contributed by atoms with Crippen LogP contribution in [0.25, 0.3) is 0 Å². The third-order valence-electron chi connectivity index (χ3n) is 4.85. The van der Waals surface area contributed by atoms with Crippen LogP contribution in [0.3, 0.4) is 0 Å². The average Bonchev–Trinajstić information content (AvgIpc) is 2.76. The fourth-order valence-corrected chi connectivity index (χ4v) is 2.92. The zero-order valence-corrected chi connectivity index (χ0v) is 16.5. The van der Waals surface area contributed by atoms with Gasteiger partial charge in [-0.05, 0) is 40.5 Å². The van der Waals surface area contributed by atoms with E-state index < -0.39 is 46.1 Å². The maximum atomic E-state index is 12.9. The molecule has 5 nitrogen and oxygen atoms in total. The van der Waals surface area contributed by atoms with E-state index in [0.29, 0.717) is 6.42 Å². The molecule has 0 spiro atoms. The minimum Gasteiger partial charge on any atom is -0.508 e. The Labute approximate surface area is 155 Å². The van der Waals surface area contributed by atoms with Crippen LogP contribution in [0.2, 0.25) is 0 Å². The number of allylic oxidation sites excluding steroid dienone is 5. The Bertz CT molecular complexity index is 687. The van der Waals surface area contributed by atoms with Gasteiger partial charge in [-0.3, -0.25) is 14.4 Å². The maximum Gasteiger partial charge on any atom is 0.191 e. The quantitative estimate of drug-likeness (QED) is 0.508. The van der Waals surface area contributed by atoms with Crippen molar-refractivity contribution in [1.29, 1.82) is 0 Å². The van der Waals surface area contributed by atoms with E-state index >= 15 is 0 Å². The van der Waals surface area contributed by atoms with E-state index in [1.807, 2.05) is 27.7 Å². The summed E-state index contributed by atoms with van der Waals surface area (Å²) in [4.78, 5) is 38.1. The molecule has 0 saturated heterocycles. The van der Waals surface area contributed by atoms with Crippen molar-refractivity contribution in [2.45, 2.75) is 66.4 Å². The summed E-state index contributed by atoms with van der Waals surface area (Å²) in [5.41, 5.74) is -0.975.